The van der Waals surface area contributed by atoms with Gasteiger partial charge in [0, 0.05) is 44.0 Å². The molecule has 1 aliphatic carbocycles. The molecule has 1 saturated carbocycles. The van der Waals surface area contributed by atoms with E-state index in [0.29, 0.717) is 50.3 Å². The van der Waals surface area contributed by atoms with Gasteiger partial charge in [0.25, 0.3) is 5.91 Å². The number of amides is 2. The second-order valence-electron chi connectivity index (χ2n) is 8.80. The molecule has 2 fully saturated rings. The fourth-order valence-corrected chi connectivity index (χ4v) is 4.94. The zero-order chi connectivity index (χ0) is 24.1. The molecule has 0 bridgehead atoms. The van der Waals surface area contributed by atoms with Gasteiger partial charge in [-0.05, 0) is 37.1 Å². The number of carbonyl (C=O) groups is 3. The van der Waals surface area contributed by atoms with Gasteiger partial charge in [0.05, 0.1) is 24.0 Å². The molecule has 0 unspecified atom stereocenters. The van der Waals surface area contributed by atoms with Crippen LogP contribution in [-0.2, 0) is 9.59 Å². The van der Waals surface area contributed by atoms with Crippen LogP contribution in [0.15, 0.2) is 48.5 Å². The number of ether oxygens (including phenoxy) is 1. The van der Waals surface area contributed by atoms with Crippen molar-refractivity contribution in [1.82, 2.24) is 4.90 Å². The molecular weight excluding hydrogens is 434 g/mol. The lowest BCUT2D eigenvalue weighted by molar-refractivity contribution is -0.313. The Balaban J connectivity index is 1.44. The number of para-hydroxylation sites is 3. The zero-order valence-corrected chi connectivity index (χ0v) is 19.4. The lowest BCUT2D eigenvalue weighted by Gasteiger charge is -2.37. The van der Waals surface area contributed by atoms with E-state index in [1.165, 1.54) is 0 Å². The van der Waals surface area contributed by atoms with Gasteiger partial charge in [0.2, 0.25) is 5.91 Å². The molecule has 2 amide bonds. The normalized spacial score (nSPS) is 20.5. The molecule has 34 heavy (non-hydrogen) atoms. The van der Waals surface area contributed by atoms with E-state index < -0.39 is 17.8 Å². The second-order valence-corrected chi connectivity index (χ2v) is 8.80. The first-order chi connectivity index (χ1) is 16.5. The van der Waals surface area contributed by atoms with Crippen molar-refractivity contribution in [2.75, 3.05) is 43.5 Å². The first-order valence-electron chi connectivity index (χ1n) is 11.8. The fourth-order valence-electron chi connectivity index (χ4n) is 4.94. The molecule has 1 heterocycles. The molecule has 0 radical (unpaired) electrons. The molecule has 1 aliphatic heterocycles. The summed E-state index contributed by atoms with van der Waals surface area (Å²) in [6.45, 7) is 2.40. The molecule has 4 rings (SSSR count). The lowest BCUT2D eigenvalue weighted by Crippen LogP contribution is -2.49. The minimum atomic E-state index is -1.18. The molecule has 1 N–H and O–H groups in total. The Morgan fingerprint density at radius 2 is 1.56 bits per heavy atom. The Hall–Kier alpha value is -3.55. The van der Waals surface area contributed by atoms with E-state index in [1.54, 1.807) is 36.3 Å². The summed E-state index contributed by atoms with van der Waals surface area (Å²) in [5.74, 6) is -2.35. The highest BCUT2D eigenvalue weighted by Crippen LogP contribution is 2.32. The number of carbonyl (C=O) groups excluding carboxylic acids is 3. The van der Waals surface area contributed by atoms with Crippen molar-refractivity contribution in [3.05, 3.63) is 54.1 Å². The van der Waals surface area contributed by atoms with Crippen LogP contribution < -0.4 is 20.1 Å². The van der Waals surface area contributed by atoms with Gasteiger partial charge in [-0.2, -0.15) is 0 Å². The van der Waals surface area contributed by atoms with E-state index in [9.17, 15) is 19.5 Å². The molecule has 2 aliphatic rings. The van der Waals surface area contributed by atoms with E-state index in [0.717, 1.165) is 24.3 Å². The SMILES string of the molecule is COc1ccccc1N1CCN(C(=O)c2ccccc2NC(=O)[C@H]2CCCC[C@H]2C(=O)[O-])CC1. The van der Waals surface area contributed by atoms with Crippen LogP contribution in [0.1, 0.15) is 36.0 Å². The molecule has 2 aromatic rings. The molecule has 8 nitrogen and oxygen atoms in total. The number of aliphatic carboxylic acids is 1. The summed E-state index contributed by atoms with van der Waals surface area (Å²) in [6.07, 6.45) is 2.53. The lowest BCUT2D eigenvalue weighted by atomic mass is 9.78. The summed E-state index contributed by atoms with van der Waals surface area (Å²) < 4.78 is 5.46. The van der Waals surface area contributed by atoms with Crippen LogP contribution in [0, 0.1) is 11.8 Å². The van der Waals surface area contributed by atoms with Crippen molar-refractivity contribution in [3.63, 3.8) is 0 Å². The van der Waals surface area contributed by atoms with Gasteiger partial charge in [0.1, 0.15) is 5.75 Å². The summed E-state index contributed by atoms with van der Waals surface area (Å²) in [5, 5.41) is 14.3. The number of hydrogen-bond acceptors (Lipinski definition) is 6. The highest BCUT2D eigenvalue weighted by atomic mass is 16.5. The Labute approximate surface area is 199 Å². The molecule has 2 atom stereocenters. The van der Waals surface area contributed by atoms with Gasteiger partial charge in [-0.25, -0.2) is 0 Å². The molecule has 0 aromatic heterocycles. The minimum Gasteiger partial charge on any atom is -0.550 e. The number of piperazine rings is 1. The van der Waals surface area contributed by atoms with Gasteiger partial charge >= 0.3 is 0 Å². The molecule has 180 valence electrons. The van der Waals surface area contributed by atoms with Crippen molar-refractivity contribution in [1.29, 1.82) is 0 Å². The van der Waals surface area contributed by atoms with E-state index in [-0.39, 0.29) is 11.8 Å². The topological polar surface area (TPSA) is 102 Å². The van der Waals surface area contributed by atoms with Crippen LogP contribution in [0.2, 0.25) is 0 Å². The fraction of sp³-hybridized carbons (Fsp3) is 0.423. The highest BCUT2D eigenvalue weighted by Gasteiger charge is 2.33. The average molecular weight is 465 g/mol. The molecule has 0 spiro atoms. The maximum absolute atomic E-state index is 13.3. The minimum absolute atomic E-state index is 0.157. The Kier molecular flexibility index (Phi) is 7.35. The van der Waals surface area contributed by atoms with Gasteiger partial charge in [-0.1, -0.05) is 37.1 Å². The summed E-state index contributed by atoms with van der Waals surface area (Å²) >= 11 is 0. The van der Waals surface area contributed by atoms with Crippen molar-refractivity contribution in [3.8, 4) is 5.75 Å². The van der Waals surface area contributed by atoms with Gasteiger partial charge in [0.15, 0.2) is 0 Å². The van der Waals surface area contributed by atoms with Crippen LogP contribution in [-0.4, -0.2) is 56.0 Å². The number of rotatable bonds is 6. The number of carboxylic acids is 1. The van der Waals surface area contributed by atoms with E-state index in [4.69, 9.17) is 4.74 Å². The van der Waals surface area contributed by atoms with E-state index in [1.807, 2.05) is 24.3 Å². The first kappa shape index (κ1) is 23.6. The second kappa shape index (κ2) is 10.6. The van der Waals surface area contributed by atoms with E-state index in [2.05, 4.69) is 10.2 Å². The Morgan fingerprint density at radius 1 is 0.912 bits per heavy atom. The van der Waals surface area contributed by atoms with Crippen LogP contribution in [0.3, 0.4) is 0 Å². The maximum Gasteiger partial charge on any atom is 0.256 e. The highest BCUT2D eigenvalue weighted by molar-refractivity contribution is 6.04. The Morgan fingerprint density at radius 3 is 2.26 bits per heavy atom. The van der Waals surface area contributed by atoms with Crippen LogP contribution in [0.5, 0.6) is 5.75 Å². The summed E-state index contributed by atoms with van der Waals surface area (Å²) in [5.41, 5.74) is 1.81. The van der Waals surface area contributed by atoms with Crippen LogP contribution >= 0.6 is 0 Å². The summed E-state index contributed by atoms with van der Waals surface area (Å²) in [7, 11) is 1.65. The smallest absolute Gasteiger partial charge is 0.256 e. The van der Waals surface area contributed by atoms with Crippen molar-refractivity contribution in [2.24, 2.45) is 11.8 Å². The zero-order valence-electron chi connectivity index (χ0n) is 19.4. The number of nitrogens with zero attached hydrogens (tertiary/aromatic N) is 2. The predicted molar refractivity (Wildman–Crippen MR) is 127 cm³/mol. The maximum atomic E-state index is 13.3. The number of nitrogens with one attached hydrogen (secondary N) is 1. The third-order valence-electron chi connectivity index (χ3n) is 6.81. The predicted octanol–water partition coefficient (Wildman–Crippen LogP) is 2.15. The largest absolute Gasteiger partial charge is 0.550 e. The third-order valence-corrected chi connectivity index (χ3v) is 6.81. The third kappa shape index (κ3) is 5.00. The van der Waals surface area contributed by atoms with Crippen molar-refractivity contribution < 1.29 is 24.2 Å². The summed E-state index contributed by atoms with van der Waals surface area (Å²) in [6, 6.07) is 14.7. The molecule has 8 heteroatoms. The first-order valence-corrected chi connectivity index (χ1v) is 11.8. The number of methoxy groups -OCH3 is 1. The Bertz CT molecular complexity index is 1050. The van der Waals surface area contributed by atoms with Gasteiger partial charge in [-0.3, -0.25) is 9.59 Å². The van der Waals surface area contributed by atoms with Crippen molar-refractivity contribution in [2.45, 2.75) is 25.7 Å². The number of hydrogen-bond donors (Lipinski definition) is 1. The van der Waals surface area contributed by atoms with Crippen LogP contribution in [0.4, 0.5) is 11.4 Å². The van der Waals surface area contributed by atoms with Crippen molar-refractivity contribution >= 4 is 29.2 Å². The quantitative estimate of drug-likeness (QED) is 0.703. The van der Waals surface area contributed by atoms with Gasteiger partial charge < -0.3 is 29.8 Å². The number of carboxylic acid groups (broad SMARTS) is 1. The molecule has 1 saturated heterocycles. The molecular formula is C26H30N3O5-. The average Bonchev–Trinajstić information content (AvgIpc) is 2.88. The number of benzene rings is 2. The van der Waals surface area contributed by atoms with Gasteiger partial charge in [-0.15, -0.1) is 0 Å². The van der Waals surface area contributed by atoms with E-state index >= 15 is 0 Å². The molecule has 2 aromatic carbocycles. The summed E-state index contributed by atoms with van der Waals surface area (Å²) in [4.78, 5) is 41.8. The monoisotopic (exact) mass is 464 g/mol. The number of anilines is 2. The standard InChI is InChI=1S/C26H31N3O5/c1-34-23-13-7-6-12-22(23)28-14-16-29(17-15-28)25(31)20-10-4-5-11-21(20)27-24(30)18-8-2-3-9-19(18)26(32)33/h4-7,10-13,18-19H,2-3,8-9,14-17H2,1H3,(H,27,30)(H,32,33)/p-1/t18-,19+/m0/s1. The van der Waals surface area contributed by atoms with Crippen LogP contribution in [0.25, 0.3) is 0 Å².